The monoisotopic (exact) mass is 458 g/mol. The summed E-state index contributed by atoms with van der Waals surface area (Å²) >= 11 is 4.26. The number of Topliss-reactive ketones (excluding diaryl/α,β-unsaturated/α-hetero) is 1. The fourth-order valence-electron chi connectivity index (χ4n) is 3.04. The average molecular weight is 459 g/mol. The van der Waals surface area contributed by atoms with Gasteiger partial charge in [-0.25, -0.2) is 4.98 Å². The summed E-state index contributed by atoms with van der Waals surface area (Å²) in [5.41, 5.74) is 1.23. The number of hydrogen-bond acceptors (Lipinski definition) is 8. The van der Waals surface area contributed by atoms with E-state index in [-0.39, 0.29) is 17.1 Å². The highest BCUT2D eigenvalue weighted by Crippen LogP contribution is 2.34. The van der Waals surface area contributed by atoms with Gasteiger partial charge >= 0.3 is 0 Å². The van der Waals surface area contributed by atoms with Gasteiger partial charge in [-0.2, -0.15) is 0 Å². The highest BCUT2D eigenvalue weighted by molar-refractivity contribution is 7.99. The lowest BCUT2D eigenvalue weighted by molar-refractivity contribution is 0.101. The molecule has 4 rings (SSSR count). The Hall–Kier alpha value is -2.62. The third kappa shape index (κ3) is 3.76. The maximum atomic E-state index is 13.0. The number of thiophene rings is 2. The molecular formula is C21H18N2O4S3. The number of carbonyl (C=O) groups excluding carboxylic acids is 1. The number of hydrogen-bond donors (Lipinski definition) is 0. The van der Waals surface area contributed by atoms with Crippen LogP contribution < -0.4 is 15.0 Å². The largest absolute Gasteiger partial charge is 0.497 e. The molecule has 1 aromatic carbocycles. The lowest BCUT2D eigenvalue weighted by Crippen LogP contribution is -2.20. The number of methoxy groups -OCH3 is 2. The van der Waals surface area contributed by atoms with Gasteiger partial charge in [-0.1, -0.05) is 17.8 Å². The van der Waals surface area contributed by atoms with E-state index < -0.39 is 0 Å². The van der Waals surface area contributed by atoms with Crippen LogP contribution in [0.15, 0.2) is 51.0 Å². The number of nitrogens with zero attached hydrogens (tertiary/aromatic N) is 2. The molecule has 0 bridgehead atoms. The zero-order valence-corrected chi connectivity index (χ0v) is 19.0. The van der Waals surface area contributed by atoms with Crippen LogP contribution in [0.2, 0.25) is 0 Å². The molecule has 0 spiro atoms. The first kappa shape index (κ1) is 20.6. The lowest BCUT2D eigenvalue weighted by atomic mass is 10.1. The molecule has 4 aromatic rings. The zero-order chi connectivity index (χ0) is 21.3. The van der Waals surface area contributed by atoms with E-state index in [2.05, 4.69) is 4.98 Å². The Balaban J connectivity index is 1.63. The van der Waals surface area contributed by atoms with Crippen LogP contribution >= 0.6 is 34.4 Å². The summed E-state index contributed by atoms with van der Waals surface area (Å²) in [7, 11) is 4.75. The van der Waals surface area contributed by atoms with Crippen LogP contribution in [0.25, 0.3) is 20.7 Å². The molecule has 30 heavy (non-hydrogen) atoms. The van der Waals surface area contributed by atoms with Crippen LogP contribution in [0, 0.1) is 0 Å². The van der Waals surface area contributed by atoms with Crippen molar-refractivity contribution in [1.82, 2.24) is 9.55 Å². The first-order chi connectivity index (χ1) is 14.5. The first-order valence-corrected chi connectivity index (χ1v) is 11.7. The topological polar surface area (TPSA) is 70.4 Å². The van der Waals surface area contributed by atoms with E-state index >= 15 is 0 Å². The molecule has 0 aliphatic rings. The van der Waals surface area contributed by atoms with Crippen molar-refractivity contribution in [3.05, 3.63) is 57.0 Å². The fourth-order valence-corrected chi connectivity index (χ4v) is 5.69. The molecule has 0 saturated heterocycles. The summed E-state index contributed by atoms with van der Waals surface area (Å²) in [5.74, 6) is 1.06. The SMILES string of the molecule is COc1ccc(OC)c(C(=O)CSc2nc3scc(-c4cccs4)c3c(=O)n2C)c1. The number of fused-ring (bicyclic) bond motifs is 1. The molecule has 3 aromatic heterocycles. The number of carbonyl (C=O) groups is 1. The number of ketones is 1. The van der Waals surface area contributed by atoms with Crippen LogP contribution in [-0.4, -0.2) is 35.3 Å². The van der Waals surface area contributed by atoms with Gasteiger partial charge in [0.2, 0.25) is 0 Å². The lowest BCUT2D eigenvalue weighted by Gasteiger charge is -2.10. The molecule has 0 N–H and O–H groups in total. The van der Waals surface area contributed by atoms with E-state index in [0.29, 0.717) is 32.4 Å². The Morgan fingerprint density at radius 1 is 1.20 bits per heavy atom. The van der Waals surface area contributed by atoms with E-state index in [9.17, 15) is 9.59 Å². The third-order valence-corrected chi connectivity index (χ3v) is 7.41. The minimum Gasteiger partial charge on any atom is -0.497 e. The summed E-state index contributed by atoms with van der Waals surface area (Å²) in [6.45, 7) is 0. The number of ether oxygens (including phenoxy) is 2. The molecule has 0 saturated carbocycles. The number of benzene rings is 1. The van der Waals surface area contributed by atoms with Crippen LogP contribution in [0.3, 0.4) is 0 Å². The van der Waals surface area contributed by atoms with Crippen molar-refractivity contribution in [3.8, 4) is 21.9 Å². The summed E-state index contributed by atoms with van der Waals surface area (Å²) in [6.07, 6.45) is 0. The number of thioether (sulfide) groups is 1. The second-order valence-corrected chi connectivity index (χ2v) is 9.09. The smallest absolute Gasteiger partial charge is 0.263 e. The van der Waals surface area contributed by atoms with Crippen molar-refractivity contribution < 1.29 is 14.3 Å². The first-order valence-electron chi connectivity index (χ1n) is 8.93. The van der Waals surface area contributed by atoms with E-state index in [4.69, 9.17) is 9.47 Å². The van der Waals surface area contributed by atoms with Crippen molar-refractivity contribution in [1.29, 1.82) is 0 Å². The third-order valence-electron chi connectivity index (χ3n) is 4.60. The second-order valence-electron chi connectivity index (χ2n) is 6.34. The molecule has 0 aliphatic heterocycles. The maximum Gasteiger partial charge on any atom is 0.263 e. The molecule has 0 atom stereocenters. The molecule has 154 valence electrons. The standard InChI is InChI=1S/C21H18N2O4S3/c1-23-20(25)18-14(17-5-4-8-28-17)10-29-19(18)22-21(23)30-11-15(24)13-9-12(26-2)6-7-16(13)27-3/h4-10H,11H2,1-3H3. The van der Waals surface area contributed by atoms with Crippen molar-refractivity contribution in [3.63, 3.8) is 0 Å². The molecule has 0 aliphatic carbocycles. The van der Waals surface area contributed by atoms with E-state index in [0.717, 1.165) is 10.4 Å². The second kappa shape index (κ2) is 8.63. The molecule has 0 amide bonds. The van der Waals surface area contributed by atoms with Gasteiger partial charge in [0.15, 0.2) is 10.9 Å². The van der Waals surface area contributed by atoms with Crippen molar-refractivity contribution in [2.75, 3.05) is 20.0 Å². The number of rotatable bonds is 7. The van der Waals surface area contributed by atoms with Crippen LogP contribution in [0.4, 0.5) is 0 Å². The Morgan fingerprint density at radius 3 is 2.73 bits per heavy atom. The molecule has 0 fully saturated rings. The zero-order valence-electron chi connectivity index (χ0n) is 16.5. The summed E-state index contributed by atoms with van der Waals surface area (Å²) in [6, 6.07) is 9.06. The Morgan fingerprint density at radius 2 is 2.03 bits per heavy atom. The fraction of sp³-hybridized carbons (Fsp3) is 0.190. The molecule has 0 unspecified atom stereocenters. The summed E-state index contributed by atoms with van der Waals surface area (Å²) in [5, 5.41) is 5.07. The van der Waals surface area contributed by atoms with Gasteiger partial charge in [0.05, 0.1) is 30.9 Å². The normalized spacial score (nSPS) is 11.0. The van der Waals surface area contributed by atoms with Crippen LogP contribution in [-0.2, 0) is 7.05 Å². The van der Waals surface area contributed by atoms with Gasteiger partial charge in [0, 0.05) is 22.9 Å². The van der Waals surface area contributed by atoms with Gasteiger partial charge in [-0.3, -0.25) is 14.2 Å². The van der Waals surface area contributed by atoms with Gasteiger partial charge in [-0.05, 0) is 29.6 Å². The van der Waals surface area contributed by atoms with Gasteiger partial charge in [0.25, 0.3) is 5.56 Å². The number of aromatic nitrogens is 2. The quantitative estimate of drug-likeness (QED) is 0.227. The highest BCUT2D eigenvalue weighted by Gasteiger charge is 2.19. The minimum atomic E-state index is -0.129. The molecule has 6 nitrogen and oxygen atoms in total. The van der Waals surface area contributed by atoms with Gasteiger partial charge < -0.3 is 9.47 Å². The van der Waals surface area contributed by atoms with Crippen LogP contribution in [0.5, 0.6) is 11.5 Å². The predicted octanol–water partition coefficient (Wildman–Crippen LogP) is 4.72. The molecule has 9 heteroatoms. The van der Waals surface area contributed by atoms with Gasteiger partial charge in [0.1, 0.15) is 16.3 Å². The predicted molar refractivity (Wildman–Crippen MR) is 123 cm³/mol. The summed E-state index contributed by atoms with van der Waals surface area (Å²) < 4.78 is 12.0. The highest BCUT2D eigenvalue weighted by atomic mass is 32.2. The molecule has 3 heterocycles. The Labute approximate surface area is 185 Å². The Kier molecular flexibility index (Phi) is 5.94. The van der Waals surface area contributed by atoms with Crippen molar-refractivity contribution >= 4 is 50.4 Å². The van der Waals surface area contributed by atoms with Crippen LogP contribution in [0.1, 0.15) is 10.4 Å². The maximum absolute atomic E-state index is 13.0. The van der Waals surface area contributed by atoms with Gasteiger partial charge in [-0.15, -0.1) is 22.7 Å². The van der Waals surface area contributed by atoms with E-state index in [1.54, 1.807) is 43.7 Å². The molecule has 0 radical (unpaired) electrons. The average Bonchev–Trinajstić information content (AvgIpc) is 3.44. The van der Waals surface area contributed by atoms with E-state index in [1.165, 1.54) is 34.8 Å². The summed E-state index contributed by atoms with van der Waals surface area (Å²) in [4.78, 5) is 32.2. The minimum absolute atomic E-state index is 0.112. The molecular weight excluding hydrogens is 440 g/mol. The van der Waals surface area contributed by atoms with Crippen molar-refractivity contribution in [2.45, 2.75) is 5.16 Å². The van der Waals surface area contributed by atoms with E-state index in [1.807, 2.05) is 22.9 Å². The Bertz CT molecular complexity index is 1280. The van der Waals surface area contributed by atoms with Crippen molar-refractivity contribution in [2.24, 2.45) is 7.05 Å².